The van der Waals surface area contributed by atoms with Gasteiger partial charge in [0.15, 0.2) is 0 Å². The van der Waals surface area contributed by atoms with Crippen molar-refractivity contribution in [2.75, 3.05) is 43.0 Å². The Morgan fingerprint density at radius 3 is 2.23 bits per heavy atom. The number of nitrogens with one attached hydrogen (secondary N) is 2. The number of carbonyl (C=O) groups excluding carboxylic acids is 5. The van der Waals surface area contributed by atoms with Crippen LogP contribution in [0.3, 0.4) is 0 Å². The van der Waals surface area contributed by atoms with Gasteiger partial charge in [0.25, 0.3) is 17.7 Å². The molecule has 3 fully saturated rings. The highest BCUT2D eigenvalue weighted by Gasteiger charge is 2.45. The first-order valence-corrected chi connectivity index (χ1v) is 20.1. The average Bonchev–Trinajstić information content (AvgIpc) is 3.44. The van der Waals surface area contributed by atoms with Crippen LogP contribution >= 0.6 is 11.6 Å². The number of rotatable bonds is 8. The summed E-state index contributed by atoms with van der Waals surface area (Å²) in [6, 6.07) is 18.8. The number of nitrogens with zero attached hydrogens (tertiary/aromatic N) is 5. The lowest BCUT2D eigenvalue weighted by Gasteiger charge is -2.37. The van der Waals surface area contributed by atoms with Gasteiger partial charge in [0, 0.05) is 75.2 Å². The van der Waals surface area contributed by atoms with E-state index in [2.05, 4.69) is 50.6 Å². The van der Waals surface area contributed by atoms with Crippen LogP contribution in [0.4, 0.5) is 11.4 Å². The smallest absolute Gasteiger partial charge is 0.262 e. The predicted octanol–water partition coefficient (Wildman–Crippen LogP) is 5.06. The number of nitriles is 1. The largest absolute Gasteiger partial charge is 0.372 e. The topological polar surface area (TPSA) is 146 Å². The molecule has 5 amide bonds. The molecule has 2 saturated heterocycles. The zero-order valence-corrected chi connectivity index (χ0v) is 32.3. The van der Waals surface area contributed by atoms with E-state index in [-0.39, 0.29) is 30.7 Å². The number of imide groups is 2. The molecule has 12 nitrogen and oxygen atoms in total. The van der Waals surface area contributed by atoms with Crippen LogP contribution in [0.2, 0.25) is 5.02 Å². The van der Waals surface area contributed by atoms with Crippen molar-refractivity contribution in [3.63, 3.8) is 0 Å². The third kappa shape index (κ3) is 7.50. The molecule has 2 N–H and O–H groups in total. The summed E-state index contributed by atoms with van der Waals surface area (Å²) in [6.45, 7) is 4.42. The Morgan fingerprint density at radius 2 is 1.57 bits per heavy atom. The normalized spacial score (nSPS) is 23.0. The van der Waals surface area contributed by atoms with Crippen molar-refractivity contribution in [3.8, 4) is 6.07 Å². The summed E-state index contributed by atoms with van der Waals surface area (Å²) in [7, 11) is 2.06. The summed E-state index contributed by atoms with van der Waals surface area (Å²) >= 11 is 6.27. The Labute approximate surface area is 331 Å². The number of hydrogen-bond donors (Lipinski definition) is 2. The zero-order chi connectivity index (χ0) is 39.1. The number of hydrogen-bond acceptors (Lipinski definition) is 9. The monoisotopic (exact) mass is 775 g/mol. The number of benzene rings is 3. The van der Waals surface area contributed by atoms with Crippen LogP contribution in [-0.2, 0) is 22.6 Å². The third-order valence-electron chi connectivity index (χ3n) is 12.5. The fraction of sp³-hybridized carbons (Fsp3) is 0.442. The van der Waals surface area contributed by atoms with Gasteiger partial charge in [-0.1, -0.05) is 11.6 Å². The van der Waals surface area contributed by atoms with Gasteiger partial charge in [-0.2, -0.15) is 5.26 Å². The summed E-state index contributed by atoms with van der Waals surface area (Å²) in [5.41, 5.74) is 6.07. The summed E-state index contributed by atoms with van der Waals surface area (Å²) in [6.07, 6.45) is 6.85. The molecule has 5 aliphatic rings. The van der Waals surface area contributed by atoms with Gasteiger partial charge in [0.05, 0.1) is 21.7 Å². The standard InChI is InChI=1S/C43H46ClN7O5/c1-48(34-9-4-29(23-45)37(44)22-34)32-10-5-31(6-11-32)46-40(53)27-2-7-33(8-3-27)50-18-14-26(15-19-50)24-49-17-16-28-20-35-36(21-30(28)25-49)43(56)51(42(35)55)38-12-13-39(52)47-41(38)54/h2-4,7-9,20-22,26,31-32,38H,5-6,10-19,24-25H2,1H3,(H,46,53)(H,47,52,54). The first kappa shape index (κ1) is 37.7. The molecule has 0 bridgehead atoms. The summed E-state index contributed by atoms with van der Waals surface area (Å²) < 4.78 is 0. The van der Waals surface area contributed by atoms with Crippen molar-refractivity contribution in [2.45, 2.75) is 82.5 Å². The Hall–Kier alpha value is -5.25. The minimum atomic E-state index is -0.962. The molecule has 3 aromatic carbocycles. The van der Waals surface area contributed by atoms with E-state index >= 15 is 0 Å². The average molecular weight is 776 g/mol. The number of amides is 5. The van der Waals surface area contributed by atoms with Gasteiger partial charge in [-0.25, -0.2) is 0 Å². The van der Waals surface area contributed by atoms with Crippen LogP contribution < -0.4 is 20.4 Å². The quantitative estimate of drug-likeness (QED) is 0.300. The molecule has 1 atom stereocenters. The lowest BCUT2D eigenvalue weighted by Crippen LogP contribution is -2.54. The van der Waals surface area contributed by atoms with E-state index in [1.165, 1.54) is 0 Å². The fourth-order valence-corrected chi connectivity index (χ4v) is 9.42. The number of carbonyl (C=O) groups is 5. The van der Waals surface area contributed by atoms with Crippen molar-refractivity contribution in [1.82, 2.24) is 20.4 Å². The van der Waals surface area contributed by atoms with Gasteiger partial charge < -0.3 is 15.1 Å². The van der Waals surface area contributed by atoms with Crippen LogP contribution in [-0.4, -0.2) is 90.7 Å². The van der Waals surface area contributed by atoms with Crippen molar-refractivity contribution >= 4 is 52.5 Å². The van der Waals surface area contributed by atoms with Gasteiger partial charge >= 0.3 is 0 Å². The summed E-state index contributed by atoms with van der Waals surface area (Å²) in [5.74, 6) is -1.40. The molecule has 290 valence electrons. The fourth-order valence-electron chi connectivity index (χ4n) is 9.20. The van der Waals surface area contributed by atoms with E-state index in [1.807, 2.05) is 36.4 Å². The SMILES string of the molecule is CN(c1ccc(C#N)c(Cl)c1)C1CCC(NC(=O)c2ccc(N3CCC(CN4CCc5cc6c(cc5C4)C(=O)N(C4CCC(=O)NC4=O)C6=O)CC3)cc2)CC1. The lowest BCUT2D eigenvalue weighted by molar-refractivity contribution is -0.136. The second kappa shape index (κ2) is 15.7. The molecular formula is C43H46ClN7O5. The second-order valence-electron chi connectivity index (χ2n) is 15.9. The Morgan fingerprint density at radius 1 is 0.875 bits per heavy atom. The van der Waals surface area contributed by atoms with Gasteiger partial charge in [0.2, 0.25) is 11.8 Å². The van der Waals surface area contributed by atoms with Crippen LogP contribution in [0.15, 0.2) is 54.6 Å². The van der Waals surface area contributed by atoms with E-state index in [0.717, 1.165) is 98.5 Å². The number of piperidine rings is 2. The van der Waals surface area contributed by atoms with Crippen LogP contribution in [0.1, 0.15) is 99.1 Å². The van der Waals surface area contributed by atoms with Crippen molar-refractivity contribution in [3.05, 3.63) is 93.0 Å². The lowest BCUT2D eigenvalue weighted by atomic mass is 9.90. The maximum Gasteiger partial charge on any atom is 0.262 e. The van der Waals surface area contributed by atoms with E-state index in [4.69, 9.17) is 11.6 Å². The Kier molecular flexibility index (Phi) is 10.6. The van der Waals surface area contributed by atoms with E-state index in [0.29, 0.717) is 45.8 Å². The molecule has 1 aliphatic carbocycles. The molecule has 0 spiro atoms. The summed E-state index contributed by atoms with van der Waals surface area (Å²) in [4.78, 5) is 72.1. The van der Waals surface area contributed by atoms with Gasteiger partial charge in [-0.15, -0.1) is 0 Å². The molecule has 1 saturated carbocycles. The first-order chi connectivity index (χ1) is 27.1. The molecule has 3 aromatic rings. The third-order valence-corrected chi connectivity index (χ3v) is 12.8. The van der Waals surface area contributed by atoms with Gasteiger partial charge in [-0.3, -0.25) is 39.1 Å². The maximum atomic E-state index is 13.4. The number of fused-ring (bicyclic) bond motifs is 2. The highest BCUT2D eigenvalue weighted by molar-refractivity contribution is 6.32. The molecule has 8 rings (SSSR count). The minimum Gasteiger partial charge on any atom is -0.372 e. The number of anilines is 2. The first-order valence-electron chi connectivity index (χ1n) is 19.7. The minimum absolute atomic E-state index is 0.0402. The summed E-state index contributed by atoms with van der Waals surface area (Å²) in [5, 5.41) is 15.2. The molecule has 1 unspecified atom stereocenters. The molecule has 4 aliphatic heterocycles. The van der Waals surface area contributed by atoms with Gasteiger partial charge in [0.1, 0.15) is 12.1 Å². The van der Waals surface area contributed by atoms with Crippen LogP contribution in [0, 0.1) is 17.2 Å². The van der Waals surface area contributed by atoms with E-state index < -0.39 is 23.8 Å². The zero-order valence-electron chi connectivity index (χ0n) is 31.6. The highest BCUT2D eigenvalue weighted by Crippen LogP contribution is 2.34. The molecular weight excluding hydrogens is 730 g/mol. The van der Waals surface area contributed by atoms with Crippen molar-refractivity contribution < 1.29 is 24.0 Å². The van der Waals surface area contributed by atoms with E-state index in [1.54, 1.807) is 6.07 Å². The molecule has 56 heavy (non-hydrogen) atoms. The van der Waals surface area contributed by atoms with E-state index in [9.17, 15) is 29.2 Å². The highest BCUT2D eigenvalue weighted by atomic mass is 35.5. The molecule has 13 heteroatoms. The molecule has 0 radical (unpaired) electrons. The predicted molar refractivity (Wildman–Crippen MR) is 212 cm³/mol. The molecule has 4 heterocycles. The number of halogens is 1. The van der Waals surface area contributed by atoms with Crippen LogP contribution in [0.5, 0.6) is 0 Å². The van der Waals surface area contributed by atoms with Crippen molar-refractivity contribution in [2.24, 2.45) is 5.92 Å². The Balaban J connectivity index is 0.791. The molecule has 0 aromatic heterocycles. The Bertz CT molecular complexity index is 2120. The maximum absolute atomic E-state index is 13.4. The van der Waals surface area contributed by atoms with Crippen molar-refractivity contribution in [1.29, 1.82) is 5.26 Å². The van der Waals surface area contributed by atoms with Crippen LogP contribution in [0.25, 0.3) is 0 Å². The van der Waals surface area contributed by atoms with Gasteiger partial charge in [-0.05, 0) is 123 Å². The second-order valence-corrected chi connectivity index (χ2v) is 16.3.